The van der Waals surface area contributed by atoms with Crippen molar-refractivity contribution < 1.29 is 4.79 Å². The fourth-order valence-electron chi connectivity index (χ4n) is 2.80. The van der Waals surface area contributed by atoms with Crippen molar-refractivity contribution in [2.75, 3.05) is 0 Å². The van der Waals surface area contributed by atoms with Crippen LogP contribution >= 0.6 is 0 Å². The standard InChI is InChI=1S/C11H16O/c1-8(12)10-6-2-4-9-5-3-7-11(9)10/h2,4,9-11H,3,5-7H2,1H3/t9-,10+,11-/m1/s1. The molecule has 1 heteroatoms. The lowest BCUT2D eigenvalue weighted by molar-refractivity contribution is -0.122. The van der Waals surface area contributed by atoms with Crippen molar-refractivity contribution in [1.29, 1.82) is 0 Å². The van der Waals surface area contributed by atoms with Crippen LogP contribution in [0.15, 0.2) is 12.2 Å². The molecule has 0 amide bonds. The van der Waals surface area contributed by atoms with Gasteiger partial charge in [0.05, 0.1) is 0 Å². The summed E-state index contributed by atoms with van der Waals surface area (Å²) in [5, 5.41) is 0. The lowest BCUT2D eigenvalue weighted by atomic mass is 9.76. The number of carbonyl (C=O) groups is 1. The Balaban J connectivity index is 2.16. The van der Waals surface area contributed by atoms with Gasteiger partial charge in [0.2, 0.25) is 0 Å². The quantitative estimate of drug-likeness (QED) is 0.544. The molecule has 2 aliphatic carbocycles. The largest absolute Gasteiger partial charge is 0.300 e. The number of ketones is 1. The Bertz CT molecular complexity index is 217. The second-order valence-corrected chi connectivity index (χ2v) is 4.14. The molecule has 12 heavy (non-hydrogen) atoms. The summed E-state index contributed by atoms with van der Waals surface area (Å²) in [5.41, 5.74) is 0. The van der Waals surface area contributed by atoms with Crippen LogP contribution in [0, 0.1) is 17.8 Å². The third kappa shape index (κ3) is 1.21. The van der Waals surface area contributed by atoms with Crippen molar-refractivity contribution in [3.63, 3.8) is 0 Å². The third-order valence-corrected chi connectivity index (χ3v) is 3.44. The molecule has 0 aromatic rings. The van der Waals surface area contributed by atoms with E-state index in [-0.39, 0.29) is 0 Å². The van der Waals surface area contributed by atoms with Crippen molar-refractivity contribution >= 4 is 5.78 Å². The number of fused-ring (bicyclic) bond motifs is 1. The molecule has 0 aromatic carbocycles. The van der Waals surface area contributed by atoms with Crippen LogP contribution in [0.2, 0.25) is 0 Å². The highest BCUT2D eigenvalue weighted by molar-refractivity contribution is 5.79. The number of hydrogen-bond acceptors (Lipinski definition) is 1. The second-order valence-electron chi connectivity index (χ2n) is 4.14. The van der Waals surface area contributed by atoms with E-state index in [1.54, 1.807) is 6.92 Å². The van der Waals surface area contributed by atoms with Crippen molar-refractivity contribution in [3.8, 4) is 0 Å². The highest BCUT2D eigenvalue weighted by Gasteiger charge is 2.35. The summed E-state index contributed by atoms with van der Waals surface area (Å²) in [4.78, 5) is 11.3. The van der Waals surface area contributed by atoms with E-state index < -0.39 is 0 Å². The van der Waals surface area contributed by atoms with Crippen LogP contribution in [-0.4, -0.2) is 5.78 Å². The van der Waals surface area contributed by atoms with Crippen LogP contribution < -0.4 is 0 Å². The highest BCUT2D eigenvalue weighted by atomic mass is 16.1. The second kappa shape index (κ2) is 3.04. The minimum Gasteiger partial charge on any atom is -0.300 e. The summed E-state index contributed by atoms with van der Waals surface area (Å²) in [5.74, 6) is 2.17. The number of Topliss-reactive ketones (excluding diaryl/α,β-unsaturated/α-hetero) is 1. The predicted molar refractivity (Wildman–Crippen MR) is 48.8 cm³/mol. The Morgan fingerprint density at radius 3 is 3.00 bits per heavy atom. The van der Waals surface area contributed by atoms with Crippen molar-refractivity contribution in [2.24, 2.45) is 17.8 Å². The normalized spacial score (nSPS) is 39.6. The Hall–Kier alpha value is -0.590. The van der Waals surface area contributed by atoms with Gasteiger partial charge in [-0.3, -0.25) is 4.79 Å². The average molecular weight is 164 g/mol. The molecule has 0 N–H and O–H groups in total. The van der Waals surface area contributed by atoms with E-state index in [9.17, 15) is 4.79 Å². The molecule has 3 atom stereocenters. The molecule has 0 aromatic heterocycles. The van der Waals surface area contributed by atoms with Gasteiger partial charge in [0.15, 0.2) is 0 Å². The maximum absolute atomic E-state index is 11.3. The SMILES string of the molecule is CC(=O)[C@@H]1CC=C[C@@H]2CCC[C@H]21. The maximum Gasteiger partial charge on any atom is 0.133 e. The zero-order valence-corrected chi connectivity index (χ0v) is 7.62. The van der Waals surface area contributed by atoms with Gasteiger partial charge in [0.1, 0.15) is 5.78 Å². The zero-order valence-electron chi connectivity index (χ0n) is 7.62. The van der Waals surface area contributed by atoms with E-state index in [1.807, 2.05) is 0 Å². The summed E-state index contributed by atoms with van der Waals surface area (Å²) < 4.78 is 0. The van der Waals surface area contributed by atoms with E-state index >= 15 is 0 Å². The molecule has 0 heterocycles. The molecule has 2 aliphatic rings. The summed E-state index contributed by atoms with van der Waals surface area (Å²) >= 11 is 0. The number of carbonyl (C=O) groups excluding carboxylic acids is 1. The van der Waals surface area contributed by atoms with Crippen molar-refractivity contribution in [1.82, 2.24) is 0 Å². The number of allylic oxidation sites excluding steroid dienone is 2. The third-order valence-electron chi connectivity index (χ3n) is 3.44. The fraction of sp³-hybridized carbons (Fsp3) is 0.727. The maximum atomic E-state index is 11.3. The number of hydrogen-bond donors (Lipinski definition) is 0. The van der Waals surface area contributed by atoms with E-state index in [1.165, 1.54) is 19.3 Å². The fourth-order valence-corrected chi connectivity index (χ4v) is 2.80. The highest BCUT2D eigenvalue weighted by Crippen LogP contribution is 2.42. The van der Waals surface area contributed by atoms with Crippen LogP contribution in [0.1, 0.15) is 32.6 Å². The Labute approximate surface area is 73.8 Å². The Morgan fingerprint density at radius 2 is 2.25 bits per heavy atom. The smallest absolute Gasteiger partial charge is 0.133 e. The van der Waals surface area contributed by atoms with Gasteiger partial charge < -0.3 is 0 Å². The summed E-state index contributed by atoms with van der Waals surface area (Å²) in [6.07, 6.45) is 9.44. The molecule has 1 saturated carbocycles. The zero-order chi connectivity index (χ0) is 8.55. The summed E-state index contributed by atoms with van der Waals surface area (Å²) in [7, 11) is 0. The lowest BCUT2D eigenvalue weighted by Gasteiger charge is -2.27. The molecular weight excluding hydrogens is 148 g/mol. The lowest BCUT2D eigenvalue weighted by Crippen LogP contribution is -2.26. The minimum atomic E-state index is 0.350. The first-order valence-electron chi connectivity index (χ1n) is 4.96. The van der Waals surface area contributed by atoms with Crippen LogP contribution in [0.25, 0.3) is 0 Å². The van der Waals surface area contributed by atoms with E-state index in [2.05, 4.69) is 12.2 Å². The van der Waals surface area contributed by atoms with Crippen molar-refractivity contribution in [3.05, 3.63) is 12.2 Å². The van der Waals surface area contributed by atoms with Crippen LogP contribution in [0.3, 0.4) is 0 Å². The van der Waals surface area contributed by atoms with E-state index in [0.29, 0.717) is 17.6 Å². The molecule has 1 nitrogen and oxygen atoms in total. The molecule has 2 rings (SSSR count). The van der Waals surface area contributed by atoms with Gasteiger partial charge in [-0.15, -0.1) is 0 Å². The Morgan fingerprint density at radius 1 is 1.42 bits per heavy atom. The molecule has 0 unspecified atom stereocenters. The average Bonchev–Trinajstić information content (AvgIpc) is 2.49. The molecule has 66 valence electrons. The van der Waals surface area contributed by atoms with Gasteiger partial charge in [-0.2, -0.15) is 0 Å². The topological polar surface area (TPSA) is 17.1 Å². The van der Waals surface area contributed by atoms with Gasteiger partial charge >= 0.3 is 0 Å². The first-order valence-corrected chi connectivity index (χ1v) is 4.96. The van der Waals surface area contributed by atoms with Gasteiger partial charge in [0.25, 0.3) is 0 Å². The number of rotatable bonds is 1. The van der Waals surface area contributed by atoms with Gasteiger partial charge in [-0.05, 0) is 38.0 Å². The van der Waals surface area contributed by atoms with E-state index in [0.717, 1.165) is 12.3 Å². The Kier molecular flexibility index (Phi) is 2.03. The van der Waals surface area contributed by atoms with Crippen LogP contribution in [-0.2, 0) is 4.79 Å². The first kappa shape index (κ1) is 8.03. The predicted octanol–water partition coefficient (Wildman–Crippen LogP) is 2.57. The molecule has 0 spiro atoms. The molecule has 0 saturated heterocycles. The minimum absolute atomic E-state index is 0.350. The molecular formula is C11H16O. The molecule has 0 radical (unpaired) electrons. The summed E-state index contributed by atoms with van der Waals surface area (Å²) in [6, 6.07) is 0. The monoisotopic (exact) mass is 164 g/mol. The van der Waals surface area contributed by atoms with Crippen molar-refractivity contribution in [2.45, 2.75) is 32.6 Å². The van der Waals surface area contributed by atoms with Crippen LogP contribution in [0.4, 0.5) is 0 Å². The van der Waals surface area contributed by atoms with Gasteiger partial charge in [0, 0.05) is 5.92 Å². The first-order chi connectivity index (χ1) is 5.79. The molecule has 1 fully saturated rings. The molecule has 0 aliphatic heterocycles. The molecule has 0 bridgehead atoms. The van der Waals surface area contributed by atoms with Gasteiger partial charge in [-0.25, -0.2) is 0 Å². The van der Waals surface area contributed by atoms with Crippen LogP contribution in [0.5, 0.6) is 0 Å². The summed E-state index contributed by atoms with van der Waals surface area (Å²) in [6.45, 7) is 1.75. The van der Waals surface area contributed by atoms with E-state index in [4.69, 9.17) is 0 Å². The van der Waals surface area contributed by atoms with Gasteiger partial charge in [-0.1, -0.05) is 18.6 Å².